The van der Waals surface area contributed by atoms with Crippen LogP contribution in [0.3, 0.4) is 0 Å². The molecule has 182 valence electrons. The van der Waals surface area contributed by atoms with Crippen molar-refractivity contribution >= 4 is 16.8 Å². The van der Waals surface area contributed by atoms with E-state index in [1.165, 1.54) is 6.20 Å². The Kier molecular flexibility index (Phi) is 6.66. The van der Waals surface area contributed by atoms with Gasteiger partial charge < -0.3 is 10.2 Å². The molecule has 2 N–H and O–H groups in total. The standard InChI is InChI=1S/C25H30F3N5O/c1-16-8-18(13-29-12-16)21(24(6-7-24)25(26,27)28)11-23(34)30-15-20(33(2)3)10-17-4-5-22-19(9-17)14-31-32-22/h4-5,8-9,12-14,20-21H,6-7,10-11,15H2,1-3H3,(H,30,34)(H,31,32). The van der Waals surface area contributed by atoms with Gasteiger partial charge in [0.05, 0.1) is 17.1 Å². The Morgan fingerprint density at radius 2 is 1.97 bits per heavy atom. The summed E-state index contributed by atoms with van der Waals surface area (Å²) in [4.78, 5) is 19.0. The maximum atomic E-state index is 14.0. The number of nitrogens with one attached hydrogen (secondary N) is 2. The van der Waals surface area contributed by atoms with Gasteiger partial charge in [-0.1, -0.05) is 12.1 Å². The van der Waals surface area contributed by atoms with Gasteiger partial charge in [-0.25, -0.2) is 0 Å². The van der Waals surface area contributed by atoms with E-state index in [2.05, 4.69) is 26.6 Å². The number of hydrogen-bond acceptors (Lipinski definition) is 4. The van der Waals surface area contributed by atoms with Crippen molar-refractivity contribution < 1.29 is 18.0 Å². The Bertz CT molecular complexity index is 1150. The normalized spacial score (nSPS) is 17.0. The van der Waals surface area contributed by atoms with Crippen LogP contribution in [0, 0.1) is 12.3 Å². The summed E-state index contributed by atoms with van der Waals surface area (Å²) in [6.07, 6.45) is 1.03. The highest BCUT2D eigenvalue weighted by atomic mass is 19.4. The van der Waals surface area contributed by atoms with Crippen LogP contribution >= 0.6 is 0 Å². The van der Waals surface area contributed by atoms with E-state index in [9.17, 15) is 18.0 Å². The Labute approximate surface area is 196 Å². The van der Waals surface area contributed by atoms with Crippen molar-refractivity contribution in [3.63, 3.8) is 0 Å². The fourth-order valence-corrected chi connectivity index (χ4v) is 4.68. The average molecular weight is 474 g/mol. The molecule has 1 amide bonds. The quantitative estimate of drug-likeness (QED) is 0.484. The third-order valence-electron chi connectivity index (χ3n) is 6.95. The van der Waals surface area contributed by atoms with Gasteiger partial charge in [0.2, 0.25) is 5.91 Å². The van der Waals surface area contributed by atoms with Crippen molar-refractivity contribution in [3.8, 4) is 0 Å². The zero-order chi connectivity index (χ0) is 24.5. The van der Waals surface area contributed by atoms with Crippen LogP contribution in [0.15, 0.2) is 42.9 Å². The number of nitrogens with zero attached hydrogens (tertiary/aromatic N) is 3. The second-order valence-electron chi connectivity index (χ2n) is 9.62. The number of aromatic amines is 1. The Morgan fingerprint density at radius 1 is 1.21 bits per heavy atom. The molecule has 6 nitrogen and oxygen atoms in total. The number of hydrogen-bond donors (Lipinski definition) is 2. The van der Waals surface area contributed by atoms with Gasteiger partial charge in [-0.3, -0.25) is 14.9 Å². The van der Waals surface area contributed by atoms with Crippen LogP contribution in [-0.4, -0.2) is 58.8 Å². The van der Waals surface area contributed by atoms with E-state index in [-0.39, 0.29) is 31.2 Å². The van der Waals surface area contributed by atoms with Gasteiger partial charge in [-0.05, 0) is 69.1 Å². The van der Waals surface area contributed by atoms with Gasteiger partial charge in [0.15, 0.2) is 0 Å². The summed E-state index contributed by atoms with van der Waals surface area (Å²) in [6, 6.07) is 7.74. The third-order valence-corrected chi connectivity index (χ3v) is 6.95. The van der Waals surface area contributed by atoms with Crippen LogP contribution in [0.5, 0.6) is 0 Å². The van der Waals surface area contributed by atoms with Gasteiger partial charge in [0, 0.05) is 42.7 Å². The number of likely N-dealkylation sites (N-methyl/N-ethyl adjacent to an activating group) is 1. The van der Waals surface area contributed by atoms with E-state index in [1.807, 2.05) is 31.1 Å². The molecule has 0 spiro atoms. The summed E-state index contributed by atoms with van der Waals surface area (Å²) < 4.78 is 41.9. The second-order valence-corrected chi connectivity index (χ2v) is 9.62. The average Bonchev–Trinajstić information content (AvgIpc) is 3.46. The number of amides is 1. The van der Waals surface area contributed by atoms with Crippen molar-refractivity contribution in [2.75, 3.05) is 20.6 Å². The predicted molar refractivity (Wildman–Crippen MR) is 124 cm³/mol. The van der Waals surface area contributed by atoms with Gasteiger partial charge in [0.1, 0.15) is 0 Å². The van der Waals surface area contributed by atoms with Gasteiger partial charge >= 0.3 is 6.18 Å². The van der Waals surface area contributed by atoms with Gasteiger partial charge in [-0.15, -0.1) is 0 Å². The van der Waals surface area contributed by atoms with Crippen molar-refractivity contribution in [1.29, 1.82) is 0 Å². The number of rotatable bonds is 9. The number of halogens is 3. The first-order valence-electron chi connectivity index (χ1n) is 11.4. The maximum absolute atomic E-state index is 14.0. The van der Waals surface area contributed by atoms with Crippen LogP contribution < -0.4 is 5.32 Å². The van der Waals surface area contributed by atoms with E-state index in [4.69, 9.17) is 0 Å². The number of aromatic nitrogens is 3. The summed E-state index contributed by atoms with van der Waals surface area (Å²) in [7, 11) is 3.86. The van der Waals surface area contributed by atoms with Crippen molar-refractivity contribution in [3.05, 3.63) is 59.5 Å². The van der Waals surface area contributed by atoms with Gasteiger partial charge in [-0.2, -0.15) is 18.3 Å². The largest absolute Gasteiger partial charge is 0.395 e. The highest BCUT2D eigenvalue weighted by molar-refractivity contribution is 5.78. The van der Waals surface area contributed by atoms with E-state index in [1.54, 1.807) is 25.4 Å². The monoisotopic (exact) mass is 473 g/mol. The first-order chi connectivity index (χ1) is 16.1. The molecule has 2 atom stereocenters. The third kappa shape index (κ3) is 5.09. The molecule has 2 heterocycles. The van der Waals surface area contributed by atoms with Crippen molar-refractivity contribution in [1.82, 2.24) is 25.4 Å². The number of alkyl halides is 3. The molecule has 1 aromatic carbocycles. The molecule has 1 fully saturated rings. The number of aryl methyl sites for hydroxylation is 1. The number of fused-ring (bicyclic) bond motifs is 1. The molecule has 0 aliphatic heterocycles. The van der Waals surface area contributed by atoms with Crippen molar-refractivity contribution in [2.45, 2.75) is 50.7 Å². The molecule has 1 saturated carbocycles. The minimum atomic E-state index is -4.36. The van der Waals surface area contributed by atoms with Crippen LogP contribution in [0.2, 0.25) is 0 Å². The summed E-state index contributed by atoms with van der Waals surface area (Å²) in [6.45, 7) is 2.14. The Hall–Kier alpha value is -2.94. The van der Waals surface area contributed by atoms with E-state index >= 15 is 0 Å². The van der Waals surface area contributed by atoms with Crippen LogP contribution in [0.4, 0.5) is 13.2 Å². The van der Waals surface area contributed by atoms with E-state index < -0.39 is 17.5 Å². The second kappa shape index (κ2) is 9.37. The minimum absolute atomic E-state index is 0.00936. The summed E-state index contributed by atoms with van der Waals surface area (Å²) >= 11 is 0. The molecule has 2 unspecified atom stereocenters. The minimum Gasteiger partial charge on any atom is -0.355 e. The molecule has 9 heteroatoms. The topological polar surface area (TPSA) is 73.9 Å². The highest BCUT2D eigenvalue weighted by Gasteiger charge is 2.67. The lowest BCUT2D eigenvalue weighted by atomic mass is 9.80. The summed E-state index contributed by atoms with van der Waals surface area (Å²) in [5.41, 5.74) is 1.46. The molecule has 4 rings (SSSR count). The lowest BCUT2D eigenvalue weighted by molar-refractivity contribution is -0.194. The smallest absolute Gasteiger partial charge is 0.355 e. The summed E-state index contributed by atoms with van der Waals surface area (Å²) in [5, 5.41) is 10.9. The lowest BCUT2D eigenvalue weighted by Gasteiger charge is -2.30. The molecular formula is C25H30F3N5O. The molecule has 0 radical (unpaired) electrons. The number of H-pyrrole nitrogens is 1. The number of benzene rings is 1. The molecule has 2 aromatic heterocycles. The molecule has 3 aromatic rings. The van der Waals surface area contributed by atoms with Crippen LogP contribution in [0.25, 0.3) is 10.9 Å². The fourth-order valence-electron chi connectivity index (χ4n) is 4.68. The number of carbonyl (C=O) groups excluding carboxylic acids is 1. The summed E-state index contributed by atoms with van der Waals surface area (Å²) in [5.74, 6) is -1.32. The fraction of sp³-hybridized carbons (Fsp3) is 0.480. The zero-order valence-corrected chi connectivity index (χ0v) is 19.6. The molecule has 1 aliphatic carbocycles. The van der Waals surface area contributed by atoms with Crippen LogP contribution in [0.1, 0.15) is 41.9 Å². The van der Waals surface area contributed by atoms with Crippen molar-refractivity contribution in [2.24, 2.45) is 5.41 Å². The molecule has 0 bridgehead atoms. The van der Waals surface area contributed by atoms with E-state index in [0.29, 0.717) is 18.5 Å². The zero-order valence-electron chi connectivity index (χ0n) is 19.6. The van der Waals surface area contributed by atoms with E-state index in [0.717, 1.165) is 22.0 Å². The Balaban J connectivity index is 1.45. The molecule has 0 saturated heterocycles. The first-order valence-corrected chi connectivity index (χ1v) is 11.4. The van der Waals surface area contributed by atoms with Gasteiger partial charge in [0.25, 0.3) is 0 Å². The van der Waals surface area contributed by atoms with Crippen LogP contribution in [-0.2, 0) is 11.2 Å². The predicted octanol–water partition coefficient (Wildman–Crippen LogP) is 4.37. The molecule has 34 heavy (non-hydrogen) atoms. The number of pyridine rings is 1. The maximum Gasteiger partial charge on any atom is 0.395 e. The Morgan fingerprint density at radius 3 is 2.62 bits per heavy atom. The molecule has 1 aliphatic rings. The SMILES string of the molecule is Cc1cncc(C(CC(=O)NCC(Cc2ccc3[nH]ncc3c2)N(C)C)C2(C(F)(F)F)CC2)c1. The lowest BCUT2D eigenvalue weighted by Crippen LogP contribution is -2.42. The highest BCUT2D eigenvalue weighted by Crippen LogP contribution is 2.66. The molecular weight excluding hydrogens is 443 g/mol. The number of carbonyl (C=O) groups is 1. The first kappa shape index (κ1) is 24.2.